The van der Waals surface area contributed by atoms with Crippen molar-refractivity contribution in [1.29, 1.82) is 0 Å². The van der Waals surface area contributed by atoms with Crippen LogP contribution in [-0.2, 0) is 13.5 Å². The van der Waals surface area contributed by atoms with Crippen LogP contribution >= 0.6 is 0 Å². The Morgan fingerprint density at radius 3 is 2.40 bits per heavy atom. The Kier molecular flexibility index (Phi) is 2.47. The lowest BCUT2D eigenvalue weighted by molar-refractivity contribution is -0.653. The molecule has 0 amide bonds. The van der Waals surface area contributed by atoms with Crippen molar-refractivity contribution < 1.29 is 4.57 Å². The van der Waals surface area contributed by atoms with E-state index >= 15 is 0 Å². The lowest BCUT2D eigenvalue weighted by Gasteiger charge is -2.09. The number of benzene rings is 1. The van der Waals surface area contributed by atoms with Gasteiger partial charge >= 0.3 is 0 Å². The molecule has 0 radical (unpaired) electrons. The standard InChI is InChI=1S/C14H18N/c1-5-13-11(3)10(2)12-8-6-7-9-14(12)15(13)4/h6-9H,5H2,1-4H3/q+1. The van der Waals surface area contributed by atoms with Crippen LogP contribution in [0.1, 0.15) is 23.7 Å². The summed E-state index contributed by atoms with van der Waals surface area (Å²) in [6, 6.07) is 8.62. The van der Waals surface area contributed by atoms with Gasteiger partial charge in [0.05, 0.1) is 0 Å². The van der Waals surface area contributed by atoms with E-state index in [1.165, 1.54) is 27.7 Å². The molecule has 0 spiro atoms. The van der Waals surface area contributed by atoms with E-state index in [1.54, 1.807) is 0 Å². The van der Waals surface area contributed by atoms with Gasteiger partial charge in [-0.3, -0.25) is 0 Å². The van der Waals surface area contributed by atoms with Crippen LogP contribution in [0.3, 0.4) is 0 Å². The molecule has 1 heteroatoms. The van der Waals surface area contributed by atoms with Crippen LogP contribution in [0, 0.1) is 13.8 Å². The number of para-hydroxylation sites is 1. The molecule has 0 aliphatic rings. The summed E-state index contributed by atoms with van der Waals surface area (Å²) in [4.78, 5) is 0. The number of hydrogen-bond donors (Lipinski definition) is 0. The Bertz CT molecular complexity index is 512. The second-order valence-corrected chi connectivity index (χ2v) is 4.13. The molecule has 0 saturated heterocycles. The summed E-state index contributed by atoms with van der Waals surface area (Å²) in [5.41, 5.74) is 5.61. The minimum absolute atomic E-state index is 1.09. The fourth-order valence-electron chi connectivity index (χ4n) is 2.40. The van der Waals surface area contributed by atoms with Crippen LogP contribution in [0.5, 0.6) is 0 Å². The topological polar surface area (TPSA) is 3.88 Å². The first-order chi connectivity index (χ1) is 7.16. The van der Waals surface area contributed by atoms with E-state index in [-0.39, 0.29) is 0 Å². The minimum Gasteiger partial charge on any atom is -0.198 e. The zero-order chi connectivity index (χ0) is 11.0. The maximum Gasteiger partial charge on any atom is 0.212 e. The van der Waals surface area contributed by atoms with Crippen molar-refractivity contribution in [1.82, 2.24) is 0 Å². The molecule has 1 nitrogen and oxygen atoms in total. The van der Waals surface area contributed by atoms with Crippen molar-refractivity contribution in [2.45, 2.75) is 27.2 Å². The Hall–Kier alpha value is -1.37. The molecule has 0 N–H and O–H groups in total. The van der Waals surface area contributed by atoms with Crippen LogP contribution < -0.4 is 4.57 Å². The molecule has 0 saturated carbocycles. The number of pyridine rings is 1. The molecule has 0 bridgehead atoms. The highest BCUT2D eigenvalue weighted by molar-refractivity contribution is 5.80. The molecule has 1 aromatic carbocycles. The fourth-order valence-corrected chi connectivity index (χ4v) is 2.40. The zero-order valence-electron chi connectivity index (χ0n) is 9.96. The van der Waals surface area contributed by atoms with Gasteiger partial charge in [-0.25, -0.2) is 0 Å². The number of nitrogens with zero attached hydrogens (tertiary/aromatic N) is 1. The number of hydrogen-bond acceptors (Lipinski definition) is 0. The largest absolute Gasteiger partial charge is 0.212 e. The summed E-state index contributed by atoms with van der Waals surface area (Å²) < 4.78 is 2.32. The average Bonchev–Trinajstić information content (AvgIpc) is 2.27. The third-order valence-corrected chi connectivity index (χ3v) is 3.40. The maximum absolute atomic E-state index is 2.32. The molecule has 2 rings (SSSR count). The van der Waals surface area contributed by atoms with Crippen molar-refractivity contribution in [3.05, 3.63) is 41.1 Å². The predicted molar refractivity (Wildman–Crippen MR) is 64.0 cm³/mol. The molecule has 1 heterocycles. The van der Waals surface area contributed by atoms with Gasteiger partial charge in [-0.05, 0) is 25.5 Å². The third kappa shape index (κ3) is 1.43. The molecule has 0 aliphatic heterocycles. The fraction of sp³-hybridized carbons (Fsp3) is 0.357. The molecule has 2 aromatic rings. The van der Waals surface area contributed by atoms with E-state index in [4.69, 9.17) is 0 Å². The molecule has 0 fully saturated rings. The summed E-state index contributed by atoms with van der Waals surface area (Å²) in [6.45, 7) is 6.66. The van der Waals surface area contributed by atoms with Crippen molar-refractivity contribution in [2.75, 3.05) is 0 Å². The molecular weight excluding hydrogens is 182 g/mol. The number of aromatic nitrogens is 1. The van der Waals surface area contributed by atoms with Crippen molar-refractivity contribution in [2.24, 2.45) is 7.05 Å². The number of rotatable bonds is 1. The van der Waals surface area contributed by atoms with Crippen LogP contribution in [0.15, 0.2) is 24.3 Å². The zero-order valence-corrected chi connectivity index (χ0v) is 9.96. The van der Waals surface area contributed by atoms with E-state index in [1.807, 2.05) is 0 Å². The summed E-state index contributed by atoms with van der Waals surface area (Å²) in [5, 5.41) is 1.37. The Labute approximate surface area is 91.4 Å². The summed E-state index contributed by atoms with van der Waals surface area (Å²) in [5.74, 6) is 0. The minimum atomic E-state index is 1.09. The summed E-state index contributed by atoms with van der Waals surface area (Å²) >= 11 is 0. The summed E-state index contributed by atoms with van der Waals surface area (Å²) in [6.07, 6.45) is 1.09. The third-order valence-electron chi connectivity index (χ3n) is 3.40. The van der Waals surface area contributed by atoms with Crippen LogP contribution in [0.25, 0.3) is 10.9 Å². The molecule has 78 valence electrons. The second kappa shape index (κ2) is 3.65. The molecule has 0 unspecified atom stereocenters. The normalized spacial score (nSPS) is 10.9. The van der Waals surface area contributed by atoms with Gasteiger partial charge in [0, 0.05) is 23.4 Å². The predicted octanol–water partition coefficient (Wildman–Crippen LogP) is 2.84. The number of aryl methyl sites for hydroxylation is 2. The lowest BCUT2D eigenvalue weighted by atomic mass is 10.0. The van der Waals surface area contributed by atoms with Crippen molar-refractivity contribution in [3.8, 4) is 0 Å². The van der Waals surface area contributed by atoms with E-state index in [9.17, 15) is 0 Å². The Morgan fingerprint density at radius 1 is 1.07 bits per heavy atom. The SMILES string of the molecule is CCc1c(C)c(C)c2ccccc2[n+]1C. The second-order valence-electron chi connectivity index (χ2n) is 4.13. The van der Waals surface area contributed by atoms with Gasteiger partial charge in [0.15, 0.2) is 5.69 Å². The van der Waals surface area contributed by atoms with Crippen LogP contribution in [0.2, 0.25) is 0 Å². The van der Waals surface area contributed by atoms with Gasteiger partial charge in [-0.2, -0.15) is 4.57 Å². The van der Waals surface area contributed by atoms with Gasteiger partial charge in [-0.1, -0.05) is 19.1 Å². The smallest absolute Gasteiger partial charge is 0.198 e. The highest BCUT2D eigenvalue weighted by Crippen LogP contribution is 2.20. The first-order valence-electron chi connectivity index (χ1n) is 5.53. The highest BCUT2D eigenvalue weighted by Gasteiger charge is 2.16. The van der Waals surface area contributed by atoms with Gasteiger partial charge in [0.25, 0.3) is 0 Å². The van der Waals surface area contributed by atoms with E-state index in [0.29, 0.717) is 0 Å². The van der Waals surface area contributed by atoms with Gasteiger partial charge < -0.3 is 0 Å². The van der Waals surface area contributed by atoms with Gasteiger partial charge in [0.1, 0.15) is 7.05 Å². The molecular formula is C14H18N+. The van der Waals surface area contributed by atoms with Gasteiger partial charge in [0.2, 0.25) is 5.52 Å². The Balaban J connectivity index is 2.96. The first kappa shape index (κ1) is 10.2. The van der Waals surface area contributed by atoms with E-state index in [0.717, 1.165) is 6.42 Å². The monoisotopic (exact) mass is 200 g/mol. The van der Waals surface area contributed by atoms with Crippen molar-refractivity contribution >= 4 is 10.9 Å². The number of fused-ring (bicyclic) bond motifs is 1. The molecule has 15 heavy (non-hydrogen) atoms. The van der Waals surface area contributed by atoms with Crippen LogP contribution in [-0.4, -0.2) is 0 Å². The quantitative estimate of drug-likeness (QED) is 0.623. The Morgan fingerprint density at radius 2 is 1.73 bits per heavy atom. The molecule has 0 aliphatic carbocycles. The average molecular weight is 200 g/mol. The van der Waals surface area contributed by atoms with E-state index < -0.39 is 0 Å². The van der Waals surface area contributed by atoms with Crippen LogP contribution in [0.4, 0.5) is 0 Å². The first-order valence-corrected chi connectivity index (χ1v) is 5.53. The van der Waals surface area contributed by atoms with Gasteiger partial charge in [-0.15, -0.1) is 0 Å². The lowest BCUT2D eigenvalue weighted by Crippen LogP contribution is -2.35. The highest BCUT2D eigenvalue weighted by atomic mass is 14.9. The van der Waals surface area contributed by atoms with Crippen molar-refractivity contribution in [3.63, 3.8) is 0 Å². The molecule has 0 atom stereocenters. The summed E-state index contributed by atoms with van der Waals surface area (Å²) in [7, 11) is 2.16. The maximum atomic E-state index is 2.32. The molecule has 1 aromatic heterocycles. The van der Waals surface area contributed by atoms with E-state index in [2.05, 4.69) is 56.7 Å².